The fourth-order valence-electron chi connectivity index (χ4n) is 2.56. The lowest BCUT2D eigenvalue weighted by atomic mass is 10.0. The molecule has 0 radical (unpaired) electrons. The van der Waals surface area contributed by atoms with Gasteiger partial charge in [0.25, 0.3) is 5.91 Å². The number of nitrogens with one attached hydrogen (secondary N) is 1. The van der Waals surface area contributed by atoms with Crippen LogP contribution in [0, 0.1) is 6.92 Å². The Balaban J connectivity index is 1.97. The van der Waals surface area contributed by atoms with E-state index in [9.17, 15) is 15.0 Å². The molecule has 3 N–H and O–H groups in total. The number of hydrogen-bond acceptors (Lipinski definition) is 4. The summed E-state index contributed by atoms with van der Waals surface area (Å²) in [4.78, 5) is 12.4. The summed E-state index contributed by atoms with van der Waals surface area (Å²) in [6, 6.07) is 21.0. The zero-order valence-corrected chi connectivity index (χ0v) is 14.2. The zero-order chi connectivity index (χ0) is 18.5. The van der Waals surface area contributed by atoms with E-state index in [1.54, 1.807) is 0 Å². The van der Waals surface area contributed by atoms with E-state index in [1.165, 1.54) is 18.2 Å². The van der Waals surface area contributed by atoms with Crippen LogP contribution in [0.4, 0.5) is 0 Å². The number of phenols is 2. The number of aromatic hydroxyl groups is 2. The smallest absolute Gasteiger partial charge is 0.275 e. The third-order valence-corrected chi connectivity index (χ3v) is 3.83. The highest BCUT2D eigenvalue weighted by Crippen LogP contribution is 2.22. The number of rotatable bonds is 4. The molecule has 0 heterocycles. The lowest BCUT2D eigenvalue weighted by Crippen LogP contribution is -2.20. The number of hydrazone groups is 1. The molecule has 3 aromatic carbocycles. The van der Waals surface area contributed by atoms with Crippen LogP contribution in [-0.4, -0.2) is 21.8 Å². The quantitative estimate of drug-likeness (QED) is 0.384. The molecule has 0 aromatic heterocycles. The first kappa shape index (κ1) is 17.2. The molecule has 1 amide bonds. The lowest BCUT2D eigenvalue weighted by Gasteiger charge is -2.09. The Labute approximate surface area is 151 Å². The molecule has 0 spiro atoms. The summed E-state index contributed by atoms with van der Waals surface area (Å²) in [5.41, 5.74) is 5.79. The SMILES string of the molecule is Cc1cccc(/C(=N\NC(=O)c2cc(O)ccc2O)c2ccccc2)c1. The van der Waals surface area contributed by atoms with E-state index < -0.39 is 5.91 Å². The average Bonchev–Trinajstić information content (AvgIpc) is 2.65. The van der Waals surface area contributed by atoms with Gasteiger partial charge in [-0.05, 0) is 31.2 Å². The van der Waals surface area contributed by atoms with Crippen molar-refractivity contribution in [3.63, 3.8) is 0 Å². The first-order valence-electron chi connectivity index (χ1n) is 8.07. The van der Waals surface area contributed by atoms with Gasteiger partial charge in [0, 0.05) is 11.1 Å². The van der Waals surface area contributed by atoms with Gasteiger partial charge in [0.2, 0.25) is 0 Å². The van der Waals surface area contributed by atoms with Gasteiger partial charge < -0.3 is 10.2 Å². The van der Waals surface area contributed by atoms with Gasteiger partial charge in [-0.3, -0.25) is 4.79 Å². The van der Waals surface area contributed by atoms with Crippen LogP contribution in [0.25, 0.3) is 0 Å². The van der Waals surface area contributed by atoms with Gasteiger partial charge >= 0.3 is 0 Å². The van der Waals surface area contributed by atoms with Crippen LogP contribution in [0.2, 0.25) is 0 Å². The minimum Gasteiger partial charge on any atom is -0.508 e. The molecule has 0 aliphatic heterocycles. The molecule has 130 valence electrons. The third kappa shape index (κ3) is 3.89. The minimum atomic E-state index is -0.612. The maximum Gasteiger partial charge on any atom is 0.275 e. The highest BCUT2D eigenvalue weighted by Gasteiger charge is 2.13. The van der Waals surface area contributed by atoms with Crippen LogP contribution in [-0.2, 0) is 0 Å². The lowest BCUT2D eigenvalue weighted by molar-refractivity contribution is 0.0952. The summed E-state index contributed by atoms with van der Waals surface area (Å²) in [6.07, 6.45) is 0. The molecular formula is C21H18N2O3. The molecule has 3 aromatic rings. The summed E-state index contributed by atoms with van der Waals surface area (Å²) in [7, 11) is 0. The van der Waals surface area contributed by atoms with Crippen molar-refractivity contribution >= 4 is 11.6 Å². The summed E-state index contributed by atoms with van der Waals surface area (Å²) < 4.78 is 0. The topological polar surface area (TPSA) is 81.9 Å². The number of nitrogens with zero attached hydrogens (tertiary/aromatic N) is 1. The molecule has 0 saturated carbocycles. The van der Waals surface area contributed by atoms with E-state index in [2.05, 4.69) is 10.5 Å². The second kappa shape index (κ2) is 7.53. The van der Waals surface area contributed by atoms with Crippen LogP contribution in [0.1, 0.15) is 27.0 Å². The second-order valence-corrected chi connectivity index (χ2v) is 5.84. The maximum atomic E-state index is 12.4. The summed E-state index contributed by atoms with van der Waals surface area (Å²) in [6.45, 7) is 1.98. The van der Waals surface area contributed by atoms with Crippen molar-refractivity contribution in [2.75, 3.05) is 0 Å². The Morgan fingerprint density at radius 3 is 2.35 bits per heavy atom. The van der Waals surface area contributed by atoms with Crippen molar-refractivity contribution in [3.05, 3.63) is 95.1 Å². The predicted molar refractivity (Wildman–Crippen MR) is 100 cm³/mol. The van der Waals surface area contributed by atoms with Crippen molar-refractivity contribution in [1.82, 2.24) is 5.43 Å². The maximum absolute atomic E-state index is 12.4. The largest absolute Gasteiger partial charge is 0.508 e. The van der Waals surface area contributed by atoms with Crippen molar-refractivity contribution in [1.29, 1.82) is 0 Å². The number of phenolic OH excluding ortho intramolecular Hbond substituents is 2. The minimum absolute atomic E-state index is 0.0506. The number of benzene rings is 3. The van der Waals surface area contributed by atoms with Crippen LogP contribution in [0.3, 0.4) is 0 Å². The molecule has 5 nitrogen and oxygen atoms in total. The Kier molecular flexibility index (Phi) is 4.99. The number of carbonyl (C=O) groups excluding carboxylic acids is 1. The van der Waals surface area contributed by atoms with Gasteiger partial charge in [-0.2, -0.15) is 5.10 Å². The monoisotopic (exact) mass is 346 g/mol. The first-order valence-corrected chi connectivity index (χ1v) is 8.07. The van der Waals surface area contributed by atoms with E-state index in [1.807, 2.05) is 61.5 Å². The van der Waals surface area contributed by atoms with E-state index in [0.717, 1.165) is 16.7 Å². The zero-order valence-electron chi connectivity index (χ0n) is 14.2. The van der Waals surface area contributed by atoms with Gasteiger partial charge in [-0.1, -0.05) is 54.1 Å². The van der Waals surface area contributed by atoms with E-state index in [-0.39, 0.29) is 17.1 Å². The van der Waals surface area contributed by atoms with Crippen molar-refractivity contribution in [2.24, 2.45) is 5.10 Å². The molecule has 26 heavy (non-hydrogen) atoms. The molecule has 0 unspecified atom stereocenters. The molecule has 0 atom stereocenters. The van der Waals surface area contributed by atoms with E-state index in [4.69, 9.17) is 0 Å². The van der Waals surface area contributed by atoms with Crippen molar-refractivity contribution in [3.8, 4) is 11.5 Å². The number of carbonyl (C=O) groups is 1. The van der Waals surface area contributed by atoms with Crippen LogP contribution < -0.4 is 5.43 Å². The first-order chi connectivity index (χ1) is 12.5. The van der Waals surface area contributed by atoms with Gasteiger partial charge in [-0.15, -0.1) is 0 Å². The van der Waals surface area contributed by atoms with Gasteiger partial charge in [0.05, 0.1) is 11.3 Å². The molecule has 0 saturated heterocycles. The number of hydrogen-bond donors (Lipinski definition) is 3. The van der Waals surface area contributed by atoms with Crippen molar-refractivity contribution < 1.29 is 15.0 Å². The van der Waals surface area contributed by atoms with Gasteiger partial charge in [-0.25, -0.2) is 5.43 Å². The van der Waals surface area contributed by atoms with E-state index in [0.29, 0.717) is 5.71 Å². The Bertz CT molecular complexity index is 966. The van der Waals surface area contributed by atoms with Crippen molar-refractivity contribution in [2.45, 2.75) is 6.92 Å². The molecule has 3 rings (SSSR count). The second-order valence-electron chi connectivity index (χ2n) is 5.84. The summed E-state index contributed by atoms with van der Waals surface area (Å²) in [5, 5.41) is 23.6. The van der Waals surface area contributed by atoms with Crippen LogP contribution in [0.5, 0.6) is 11.5 Å². The third-order valence-electron chi connectivity index (χ3n) is 3.83. The Hall–Kier alpha value is -3.60. The van der Waals surface area contributed by atoms with Gasteiger partial charge in [0.1, 0.15) is 11.5 Å². The molecular weight excluding hydrogens is 328 g/mol. The predicted octanol–water partition coefficient (Wildman–Crippen LogP) is 3.59. The van der Waals surface area contributed by atoms with Crippen LogP contribution in [0.15, 0.2) is 77.9 Å². The average molecular weight is 346 g/mol. The Morgan fingerprint density at radius 2 is 1.62 bits per heavy atom. The fraction of sp³-hybridized carbons (Fsp3) is 0.0476. The van der Waals surface area contributed by atoms with E-state index >= 15 is 0 Å². The number of amides is 1. The highest BCUT2D eigenvalue weighted by atomic mass is 16.3. The molecule has 0 bridgehead atoms. The van der Waals surface area contributed by atoms with Crippen LogP contribution >= 0.6 is 0 Å². The molecule has 5 heteroatoms. The fourth-order valence-corrected chi connectivity index (χ4v) is 2.56. The summed E-state index contributed by atoms with van der Waals surface area (Å²) in [5.74, 6) is -0.953. The number of aryl methyl sites for hydroxylation is 1. The standard InChI is InChI=1S/C21H18N2O3/c1-14-6-5-9-16(12-14)20(15-7-3-2-4-8-15)22-23-21(26)18-13-17(24)10-11-19(18)25/h2-13,24-25H,1H3,(H,23,26)/b22-20-. The Morgan fingerprint density at radius 1 is 0.885 bits per heavy atom. The van der Waals surface area contributed by atoms with Gasteiger partial charge in [0.15, 0.2) is 0 Å². The molecule has 0 aliphatic carbocycles. The normalized spacial score (nSPS) is 11.2. The molecule has 0 aliphatic rings. The summed E-state index contributed by atoms with van der Waals surface area (Å²) >= 11 is 0. The molecule has 0 fully saturated rings. The highest BCUT2D eigenvalue weighted by molar-refractivity contribution is 6.13.